The van der Waals surface area contributed by atoms with Crippen LogP contribution in [0.2, 0.25) is 0 Å². The van der Waals surface area contributed by atoms with Crippen molar-refractivity contribution in [3.05, 3.63) is 38.8 Å². The van der Waals surface area contributed by atoms with Crippen molar-refractivity contribution in [3.8, 4) is 0 Å². The topological polar surface area (TPSA) is 55.9 Å². The first-order valence-corrected chi connectivity index (χ1v) is 7.11. The minimum absolute atomic E-state index is 0.132. The number of hydrazine groups is 1. The predicted octanol–water partition coefficient (Wildman–Crippen LogP) is 2.47. The number of nitrogens with zero attached hydrogens (tertiary/aromatic N) is 2. The van der Waals surface area contributed by atoms with Gasteiger partial charge in [-0.05, 0) is 51.8 Å². The molecule has 3 N–H and O–H groups in total. The van der Waals surface area contributed by atoms with Crippen molar-refractivity contribution in [1.29, 1.82) is 0 Å². The van der Waals surface area contributed by atoms with Gasteiger partial charge in [0.05, 0.1) is 16.0 Å². The summed E-state index contributed by atoms with van der Waals surface area (Å²) in [6.45, 7) is 2.97. The summed E-state index contributed by atoms with van der Waals surface area (Å²) in [5.41, 5.74) is 5.25. The van der Waals surface area contributed by atoms with Crippen LogP contribution in [-0.2, 0) is 13.0 Å². The third-order valence-electron chi connectivity index (χ3n) is 2.64. The third-order valence-corrected chi connectivity index (χ3v) is 4.16. The standard InChI is InChI=1S/C11H15BrN4S/c1-2-16-6-8(5-14-16)3-10(15-13)9-4-11(12)17-7-9/h4-7,10,15H,2-3,13H2,1H3. The molecule has 2 rings (SSSR count). The molecule has 2 heterocycles. The van der Waals surface area contributed by atoms with E-state index >= 15 is 0 Å². The zero-order chi connectivity index (χ0) is 12.3. The molecule has 0 bridgehead atoms. The molecule has 0 aliphatic heterocycles. The van der Waals surface area contributed by atoms with Crippen LogP contribution in [0.5, 0.6) is 0 Å². The Kier molecular flexibility index (Phi) is 4.33. The van der Waals surface area contributed by atoms with E-state index in [1.54, 1.807) is 11.3 Å². The molecule has 0 aliphatic rings. The van der Waals surface area contributed by atoms with Crippen LogP contribution in [0.15, 0.2) is 27.6 Å². The highest BCUT2D eigenvalue weighted by atomic mass is 79.9. The van der Waals surface area contributed by atoms with E-state index in [0.29, 0.717) is 0 Å². The minimum atomic E-state index is 0.132. The van der Waals surface area contributed by atoms with Gasteiger partial charge < -0.3 is 0 Å². The molecule has 1 unspecified atom stereocenters. The molecule has 0 saturated heterocycles. The van der Waals surface area contributed by atoms with Crippen LogP contribution in [0.25, 0.3) is 0 Å². The van der Waals surface area contributed by atoms with E-state index in [4.69, 9.17) is 5.84 Å². The van der Waals surface area contributed by atoms with E-state index in [0.717, 1.165) is 16.8 Å². The van der Waals surface area contributed by atoms with Crippen LogP contribution in [0.3, 0.4) is 0 Å². The Hall–Kier alpha value is -0.690. The van der Waals surface area contributed by atoms with Gasteiger partial charge in [0.1, 0.15) is 0 Å². The molecule has 6 heteroatoms. The van der Waals surface area contributed by atoms with Gasteiger partial charge in [0.25, 0.3) is 0 Å². The number of nitrogens with one attached hydrogen (secondary N) is 1. The van der Waals surface area contributed by atoms with Crippen molar-refractivity contribution < 1.29 is 0 Å². The van der Waals surface area contributed by atoms with Crippen molar-refractivity contribution in [1.82, 2.24) is 15.2 Å². The van der Waals surface area contributed by atoms with Crippen LogP contribution in [0.4, 0.5) is 0 Å². The minimum Gasteiger partial charge on any atom is -0.273 e. The summed E-state index contributed by atoms with van der Waals surface area (Å²) in [4.78, 5) is 0. The van der Waals surface area contributed by atoms with Crippen LogP contribution in [0, 0.1) is 0 Å². The van der Waals surface area contributed by atoms with E-state index in [2.05, 4.69) is 51.0 Å². The normalized spacial score (nSPS) is 12.9. The average molecular weight is 315 g/mol. The predicted molar refractivity (Wildman–Crippen MR) is 73.7 cm³/mol. The Balaban J connectivity index is 2.09. The Bertz CT molecular complexity index is 479. The van der Waals surface area contributed by atoms with Gasteiger partial charge in [-0.25, -0.2) is 0 Å². The average Bonchev–Trinajstić information content (AvgIpc) is 2.94. The molecule has 0 aromatic carbocycles. The van der Waals surface area contributed by atoms with Crippen LogP contribution >= 0.6 is 27.3 Å². The molecule has 17 heavy (non-hydrogen) atoms. The fraction of sp³-hybridized carbons (Fsp3) is 0.364. The number of hydrogen-bond donors (Lipinski definition) is 2. The van der Waals surface area contributed by atoms with E-state index < -0.39 is 0 Å². The monoisotopic (exact) mass is 314 g/mol. The highest BCUT2D eigenvalue weighted by molar-refractivity contribution is 9.11. The molecule has 0 fully saturated rings. The number of rotatable bonds is 5. The molecule has 1 atom stereocenters. The Morgan fingerprint density at radius 1 is 1.65 bits per heavy atom. The molecule has 0 saturated carbocycles. The van der Waals surface area contributed by atoms with Crippen molar-refractivity contribution in [3.63, 3.8) is 0 Å². The molecule has 0 amide bonds. The number of thiophene rings is 1. The van der Waals surface area contributed by atoms with Gasteiger partial charge >= 0.3 is 0 Å². The second-order valence-corrected chi connectivity index (χ2v) is 6.10. The molecule has 2 aromatic heterocycles. The highest BCUT2D eigenvalue weighted by Crippen LogP contribution is 2.26. The van der Waals surface area contributed by atoms with Crippen molar-refractivity contribution in [2.45, 2.75) is 25.9 Å². The van der Waals surface area contributed by atoms with Crippen LogP contribution in [0.1, 0.15) is 24.1 Å². The maximum Gasteiger partial charge on any atom is 0.0701 e. The summed E-state index contributed by atoms with van der Waals surface area (Å²) in [5.74, 6) is 5.61. The molecule has 92 valence electrons. The van der Waals surface area contributed by atoms with Gasteiger partial charge in [0, 0.05) is 12.7 Å². The van der Waals surface area contributed by atoms with E-state index in [9.17, 15) is 0 Å². The third kappa shape index (κ3) is 3.16. The number of aryl methyl sites for hydroxylation is 1. The quantitative estimate of drug-likeness (QED) is 0.658. The molecule has 0 aliphatic carbocycles. The Labute approximate surface area is 113 Å². The summed E-state index contributed by atoms with van der Waals surface area (Å²) < 4.78 is 3.05. The van der Waals surface area contributed by atoms with Gasteiger partial charge in [-0.15, -0.1) is 11.3 Å². The zero-order valence-electron chi connectivity index (χ0n) is 9.56. The van der Waals surface area contributed by atoms with Crippen molar-refractivity contribution in [2.24, 2.45) is 5.84 Å². The Morgan fingerprint density at radius 3 is 3.00 bits per heavy atom. The first kappa shape index (κ1) is 12.8. The lowest BCUT2D eigenvalue weighted by atomic mass is 10.0. The first-order valence-electron chi connectivity index (χ1n) is 5.44. The Morgan fingerprint density at radius 2 is 2.47 bits per heavy atom. The van der Waals surface area contributed by atoms with Gasteiger partial charge in [-0.1, -0.05) is 0 Å². The van der Waals surface area contributed by atoms with Crippen molar-refractivity contribution in [2.75, 3.05) is 0 Å². The number of halogens is 1. The fourth-order valence-electron chi connectivity index (χ4n) is 1.70. The second kappa shape index (κ2) is 5.77. The van der Waals surface area contributed by atoms with Gasteiger partial charge in [0.15, 0.2) is 0 Å². The smallest absolute Gasteiger partial charge is 0.0701 e. The lowest BCUT2D eigenvalue weighted by molar-refractivity contribution is 0.553. The summed E-state index contributed by atoms with van der Waals surface area (Å²) >= 11 is 5.13. The lowest BCUT2D eigenvalue weighted by Crippen LogP contribution is -2.29. The molecule has 0 spiro atoms. The van der Waals surface area contributed by atoms with E-state index in [1.165, 1.54) is 11.1 Å². The number of nitrogens with two attached hydrogens (primary N) is 1. The zero-order valence-corrected chi connectivity index (χ0v) is 12.0. The van der Waals surface area contributed by atoms with E-state index in [1.807, 2.05) is 10.9 Å². The summed E-state index contributed by atoms with van der Waals surface area (Å²) in [5, 5.41) is 6.37. The maximum atomic E-state index is 5.61. The molecular weight excluding hydrogens is 300 g/mol. The summed E-state index contributed by atoms with van der Waals surface area (Å²) in [6.07, 6.45) is 4.81. The molecule has 0 radical (unpaired) electrons. The molecular formula is C11H15BrN4S. The van der Waals surface area contributed by atoms with E-state index in [-0.39, 0.29) is 6.04 Å². The summed E-state index contributed by atoms with van der Waals surface area (Å²) in [7, 11) is 0. The second-order valence-electron chi connectivity index (χ2n) is 3.81. The maximum absolute atomic E-state index is 5.61. The van der Waals surface area contributed by atoms with Gasteiger partial charge in [-0.3, -0.25) is 16.0 Å². The molecule has 2 aromatic rings. The summed E-state index contributed by atoms with van der Waals surface area (Å²) in [6, 6.07) is 2.23. The highest BCUT2D eigenvalue weighted by Gasteiger charge is 2.13. The van der Waals surface area contributed by atoms with Crippen LogP contribution < -0.4 is 11.3 Å². The lowest BCUT2D eigenvalue weighted by Gasteiger charge is -2.13. The largest absolute Gasteiger partial charge is 0.273 e. The molecule has 4 nitrogen and oxygen atoms in total. The van der Waals surface area contributed by atoms with Crippen LogP contribution in [-0.4, -0.2) is 9.78 Å². The number of aromatic nitrogens is 2. The fourth-order valence-corrected chi connectivity index (χ4v) is 2.93. The SMILES string of the molecule is CCn1cc(CC(NN)c2csc(Br)c2)cn1. The van der Waals surface area contributed by atoms with Gasteiger partial charge in [0.2, 0.25) is 0 Å². The van der Waals surface area contributed by atoms with Crippen molar-refractivity contribution >= 4 is 27.3 Å². The van der Waals surface area contributed by atoms with Gasteiger partial charge in [-0.2, -0.15) is 5.10 Å². The number of hydrogen-bond acceptors (Lipinski definition) is 4. The first-order chi connectivity index (χ1) is 8.22.